The van der Waals surface area contributed by atoms with Crippen molar-refractivity contribution < 1.29 is 17.4 Å². The minimum atomic E-state index is -3.61. The topological polar surface area (TPSA) is 137 Å². The average molecular weight is 550 g/mol. The van der Waals surface area contributed by atoms with Crippen molar-refractivity contribution in [3.8, 4) is 0 Å². The largest absolute Gasteiger partial charge is 0.370 e. The number of nitrogens with zero attached hydrogens (tertiary/aromatic N) is 2. The third-order valence-corrected chi connectivity index (χ3v) is 9.77. The van der Waals surface area contributed by atoms with E-state index in [1.165, 1.54) is 7.05 Å². The zero-order chi connectivity index (χ0) is 27.2. The van der Waals surface area contributed by atoms with E-state index in [0.717, 1.165) is 61.3 Å². The second-order valence-electron chi connectivity index (χ2n) is 9.70. The van der Waals surface area contributed by atoms with E-state index in [0.29, 0.717) is 22.9 Å². The maximum absolute atomic E-state index is 13.2. The fourth-order valence-corrected chi connectivity index (χ4v) is 6.28. The van der Waals surface area contributed by atoms with Gasteiger partial charge in [0.1, 0.15) is 0 Å². The van der Waals surface area contributed by atoms with Crippen LogP contribution in [0.15, 0.2) is 47.4 Å². The van der Waals surface area contributed by atoms with Gasteiger partial charge in [-0.3, -0.25) is 9.10 Å². The van der Waals surface area contributed by atoms with Crippen LogP contribution in [0.2, 0.25) is 0 Å². The van der Waals surface area contributed by atoms with Gasteiger partial charge in [0.15, 0.2) is 0 Å². The number of sulfonamides is 1. The molecule has 0 bridgehead atoms. The number of anilines is 3. The van der Waals surface area contributed by atoms with Crippen LogP contribution < -0.4 is 20.3 Å². The highest BCUT2D eigenvalue weighted by Gasteiger charge is 2.24. The maximum Gasteiger partial charge on any atom is 0.257 e. The van der Waals surface area contributed by atoms with Gasteiger partial charge in [-0.05, 0) is 55.3 Å². The molecule has 1 aliphatic rings. The molecule has 0 radical (unpaired) electrons. The van der Waals surface area contributed by atoms with Gasteiger partial charge < -0.3 is 16.0 Å². The van der Waals surface area contributed by atoms with E-state index in [1.807, 2.05) is 0 Å². The van der Waals surface area contributed by atoms with Gasteiger partial charge in [0, 0.05) is 48.2 Å². The summed E-state index contributed by atoms with van der Waals surface area (Å²) in [5.74, 6) is -0.150. The molecule has 0 saturated carbocycles. The molecular formula is C26H39N5O4S2. The fourth-order valence-electron chi connectivity index (χ4n) is 4.35. The van der Waals surface area contributed by atoms with Gasteiger partial charge in [0.2, 0.25) is 10.0 Å². The number of benzene rings is 2. The van der Waals surface area contributed by atoms with Crippen LogP contribution in [0, 0.1) is 4.78 Å². The summed E-state index contributed by atoms with van der Waals surface area (Å²) in [5, 5.41) is 2.80. The lowest BCUT2D eigenvalue weighted by atomic mass is 10.1. The van der Waals surface area contributed by atoms with Crippen molar-refractivity contribution >= 4 is 42.7 Å². The molecule has 11 heteroatoms. The van der Waals surface area contributed by atoms with Gasteiger partial charge in [0.05, 0.1) is 27.2 Å². The Morgan fingerprint density at radius 1 is 1.11 bits per heavy atom. The van der Waals surface area contributed by atoms with Crippen LogP contribution in [0.5, 0.6) is 0 Å². The molecule has 0 aromatic heterocycles. The quantitative estimate of drug-likeness (QED) is 0.339. The number of amides is 1. The fraction of sp³-hybridized carbons (Fsp3) is 0.500. The van der Waals surface area contributed by atoms with Crippen molar-refractivity contribution in [2.45, 2.75) is 56.4 Å². The van der Waals surface area contributed by atoms with Crippen LogP contribution in [-0.4, -0.2) is 56.7 Å². The molecular weight excluding hydrogens is 510 g/mol. The summed E-state index contributed by atoms with van der Waals surface area (Å²) in [6, 6.07) is 11.6. The van der Waals surface area contributed by atoms with Crippen molar-refractivity contribution in [2.75, 3.05) is 46.7 Å². The van der Waals surface area contributed by atoms with E-state index >= 15 is 0 Å². The second-order valence-corrected chi connectivity index (χ2v) is 13.9. The molecule has 9 nitrogen and oxygen atoms in total. The highest BCUT2D eigenvalue weighted by molar-refractivity contribution is 7.92. The minimum absolute atomic E-state index is 0.0570. The monoisotopic (exact) mass is 549 g/mol. The van der Waals surface area contributed by atoms with E-state index < -0.39 is 25.7 Å². The molecule has 1 unspecified atom stereocenters. The summed E-state index contributed by atoms with van der Waals surface area (Å²) < 4.78 is 46.9. The van der Waals surface area contributed by atoms with E-state index in [4.69, 9.17) is 10.5 Å². The van der Waals surface area contributed by atoms with Crippen molar-refractivity contribution in [3.05, 3.63) is 48.0 Å². The van der Waals surface area contributed by atoms with E-state index in [1.54, 1.807) is 42.5 Å². The summed E-state index contributed by atoms with van der Waals surface area (Å²) in [7, 11) is -5.09. The number of unbranched alkanes of at least 4 members (excludes halogenated alkanes) is 4. The lowest BCUT2D eigenvalue weighted by molar-refractivity contribution is 0.102. The van der Waals surface area contributed by atoms with Gasteiger partial charge >= 0.3 is 0 Å². The van der Waals surface area contributed by atoms with Gasteiger partial charge in [-0.25, -0.2) is 17.4 Å². The predicted molar refractivity (Wildman–Crippen MR) is 152 cm³/mol. The maximum atomic E-state index is 13.2. The van der Waals surface area contributed by atoms with E-state index in [-0.39, 0.29) is 17.3 Å². The Balaban J connectivity index is 1.77. The van der Waals surface area contributed by atoms with Gasteiger partial charge in [-0.2, -0.15) is 0 Å². The van der Waals surface area contributed by atoms with Crippen LogP contribution >= 0.6 is 0 Å². The molecule has 4 N–H and O–H groups in total. The smallest absolute Gasteiger partial charge is 0.257 e. The van der Waals surface area contributed by atoms with Crippen LogP contribution in [-0.2, 0) is 19.8 Å². The van der Waals surface area contributed by atoms with Crippen molar-refractivity contribution in [1.82, 2.24) is 0 Å². The Labute approximate surface area is 221 Å². The molecule has 2 aromatic carbocycles. The summed E-state index contributed by atoms with van der Waals surface area (Å²) in [6.07, 6.45) is 7.01. The molecule has 0 spiro atoms. The first-order chi connectivity index (χ1) is 17.4. The average Bonchev–Trinajstić information content (AvgIpc) is 3.29. The molecule has 3 rings (SSSR count). The molecule has 204 valence electrons. The minimum Gasteiger partial charge on any atom is -0.370 e. The predicted octanol–water partition coefficient (Wildman–Crippen LogP) is 4.25. The molecule has 1 fully saturated rings. The lowest BCUT2D eigenvalue weighted by Gasteiger charge is -2.24. The highest BCUT2D eigenvalue weighted by atomic mass is 32.2. The van der Waals surface area contributed by atoms with E-state index in [9.17, 15) is 17.4 Å². The summed E-state index contributed by atoms with van der Waals surface area (Å²) >= 11 is 0. The Morgan fingerprint density at radius 2 is 1.78 bits per heavy atom. The number of hydrogen-bond acceptors (Lipinski definition) is 7. The Morgan fingerprint density at radius 3 is 2.38 bits per heavy atom. The third kappa shape index (κ3) is 7.68. The van der Waals surface area contributed by atoms with Gasteiger partial charge in [-0.15, -0.1) is 0 Å². The van der Waals surface area contributed by atoms with Crippen molar-refractivity contribution in [1.29, 1.82) is 4.78 Å². The van der Waals surface area contributed by atoms with Gasteiger partial charge in [-0.1, -0.05) is 32.6 Å². The van der Waals surface area contributed by atoms with Gasteiger partial charge in [0.25, 0.3) is 5.91 Å². The summed E-state index contributed by atoms with van der Waals surface area (Å²) in [6.45, 7) is 3.56. The molecule has 37 heavy (non-hydrogen) atoms. The summed E-state index contributed by atoms with van der Waals surface area (Å²) in [5.41, 5.74) is 7.78. The van der Waals surface area contributed by atoms with Crippen molar-refractivity contribution in [3.63, 3.8) is 0 Å². The van der Waals surface area contributed by atoms with Crippen LogP contribution in [0.4, 0.5) is 17.1 Å². The van der Waals surface area contributed by atoms with Crippen LogP contribution in [0.25, 0.3) is 0 Å². The normalized spacial score (nSPS) is 17.4. The Hall–Kier alpha value is -2.63. The van der Waals surface area contributed by atoms with Crippen molar-refractivity contribution in [2.24, 2.45) is 5.73 Å². The standard InChI is InChI=1S/C26H39N5O4S2/c1-4-5-6-7-8-17-37(28,35)23-12-9-21(10-13-23)29-26(32)24-14-11-22(31-16-15-20(27)19-31)18-25(24)30(2)36(3,33)34/h9-14,18,20,28H,4-8,15-17,19,27H2,1-3H3,(H,29,32)/t20-,37?/m1/s1. The van der Waals surface area contributed by atoms with Crippen LogP contribution in [0.3, 0.4) is 0 Å². The summed E-state index contributed by atoms with van der Waals surface area (Å²) in [4.78, 5) is 15.7. The second kappa shape index (κ2) is 12.3. The SMILES string of the molecule is CCCCCCCS(=N)(=O)c1ccc(NC(=O)c2ccc(N3CC[C@@H](N)C3)cc2N(C)S(C)(=O)=O)cc1. The number of carbonyl (C=O) groups is 1. The zero-order valence-electron chi connectivity index (χ0n) is 21.9. The molecule has 1 saturated heterocycles. The number of hydrogen-bond donors (Lipinski definition) is 3. The number of carbonyl (C=O) groups excluding carboxylic acids is 1. The number of rotatable bonds is 12. The van der Waals surface area contributed by atoms with Crippen LogP contribution in [0.1, 0.15) is 55.8 Å². The molecule has 2 aromatic rings. The first-order valence-electron chi connectivity index (χ1n) is 12.7. The molecule has 1 amide bonds. The third-order valence-electron chi connectivity index (χ3n) is 6.68. The highest BCUT2D eigenvalue weighted by Crippen LogP contribution is 2.30. The first kappa shape index (κ1) is 28.9. The molecule has 0 aliphatic carbocycles. The lowest BCUT2D eigenvalue weighted by Crippen LogP contribution is -2.29. The number of nitrogens with one attached hydrogen (secondary N) is 2. The first-order valence-corrected chi connectivity index (χ1v) is 16.3. The Bertz CT molecular complexity index is 1290. The molecule has 1 heterocycles. The number of nitrogens with two attached hydrogens (primary N) is 1. The zero-order valence-corrected chi connectivity index (χ0v) is 23.5. The molecule has 1 aliphatic heterocycles. The van der Waals surface area contributed by atoms with E-state index in [2.05, 4.69) is 17.1 Å². The molecule has 2 atom stereocenters. The Kier molecular flexibility index (Phi) is 9.60.